The summed E-state index contributed by atoms with van der Waals surface area (Å²) in [6.07, 6.45) is 3.27. The van der Waals surface area contributed by atoms with Crippen molar-refractivity contribution in [2.24, 2.45) is 0 Å². The van der Waals surface area contributed by atoms with Gasteiger partial charge in [-0.25, -0.2) is 0 Å². The van der Waals surface area contributed by atoms with Crippen molar-refractivity contribution >= 4 is 11.8 Å². The third-order valence-electron chi connectivity index (χ3n) is 5.44. The van der Waals surface area contributed by atoms with Gasteiger partial charge in [0.05, 0.1) is 31.4 Å². The topological polar surface area (TPSA) is 74.6 Å². The lowest BCUT2D eigenvalue weighted by Gasteiger charge is -2.24. The van der Waals surface area contributed by atoms with E-state index in [1.165, 1.54) is 11.1 Å². The molecule has 2 heterocycles. The van der Waals surface area contributed by atoms with E-state index in [0.717, 1.165) is 30.7 Å². The Morgan fingerprint density at radius 1 is 1.25 bits per heavy atom. The standard InChI is InChI=1S/C22H29N3O3/c1-15-8-9-18(12-16(15)2)17(3)24-21(26)14-25-10-4-7-20(25)22(27)23-13-19-6-5-11-28-19/h5-6,8-9,11-12,17,20H,4,7,10,13-14H2,1-3H3,(H,23,27)(H,24,26). The minimum absolute atomic E-state index is 0.0519. The van der Waals surface area contributed by atoms with Gasteiger partial charge in [0.15, 0.2) is 0 Å². The van der Waals surface area contributed by atoms with Gasteiger partial charge < -0.3 is 15.1 Å². The molecule has 0 spiro atoms. The number of nitrogens with zero attached hydrogens (tertiary/aromatic N) is 1. The van der Waals surface area contributed by atoms with Crippen LogP contribution in [-0.2, 0) is 16.1 Å². The molecule has 0 saturated carbocycles. The smallest absolute Gasteiger partial charge is 0.237 e. The Labute approximate surface area is 166 Å². The third-order valence-corrected chi connectivity index (χ3v) is 5.44. The maximum atomic E-state index is 12.5. The molecule has 2 N–H and O–H groups in total. The lowest BCUT2D eigenvalue weighted by atomic mass is 10.0. The Morgan fingerprint density at radius 3 is 2.79 bits per heavy atom. The van der Waals surface area contributed by atoms with Gasteiger partial charge in [0.25, 0.3) is 0 Å². The highest BCUT2D eigenvalue weighted by molar-refractivity contribution is 5.84. The van der Waals surface area contributed by atoms with Gasteiger partial charge in [0.1, 0.15) is 5.76 Å². The second-order valence-corrected chi connectivity index (χ2v) is 7.56. The van der Waals surface area contributed by atoms with E-state index in [-0.39, 0.29) is 30.4 Å². The van der Waals surface area contributed by atoms with Gasteiger partial charge in [-0.1, -0.05) is 18.2 Å². The maximum absolute atomic E-state index is 12.5. The second kappa shape index (κ2) is 9.06. The van der Waals surface area contributed by atoms with Gasteiger partial charge in [-0.2, -0.15) is 0 Å². The Balaban J connectivity index is 1.51. The van der Waals surface area contributed by atoms with Crippen molar-refractivity contribution in [1.29, 1.82) is 0 Å². The zero-order valence-corrected chi connectivity index (χ0v) is 16.8. The minimum Gasteiger partial charge on any atom is -0.467 e. The van der Waals surface area contributed by atoms with Gasteiger partial charge in [0, 0.05) is 0 Å². The molecule has 0 aliphatic carbocycles. The van der Waals surface area contributed by atoms with Gasteiger partial charge >= 0.3 is 0 Å². The van der Waals surface area contributed by atoms with Crippen LogP contribution in [0.4, 0.5) is 0 Å². The molecular weight excluding hydrogens is 354 g/mol. The predicted molar refractivity (Wildman–Crippen MR) is 108 cm³/mol. The Morgan fingerprint density at radius 2 is 2.07 bits per heavy atom. The summed E-state index contributed by atoms with van der Waals surface area (Å²) in [5, 5.41) is 5.96. The molecule has 2 unspecified atom stereocenters. The SMILES string of the molecule is Cc1ccc(C(C)NC(=O)CN2CCCC2C(=O)NCc2ccco2)cc1C. The van der Waals surface area contributed by atoms with Crippen molar-refractivity contribution in [2.75, 3.05) is 13.1 Å². The molecule has 1 aromatic heterocycles. The number of carbonyl (C=O) groups is 2. The number of likely N-dealkylation sites (tertiary alicyclic amines) is 1. The van der Waals surface area contributed by atoms with Crippen LogP contribution in [0.3, 0.4) is 0 Å². The molecule has 28 heavy (non-hydrogen) atoms. The van der Waals surface area contributed by atoms with Crippen LogP contribution in [0.2, 0.25) is 0 Å². The molecule has 2 aromatic rings. The molecular formula is C22H29N3O3. The molecule has 6 nitrogen and oxygen atoms in total. The molecule has 1 fully saturated rings. The monoisotopic (exact) mass is 383 g/mol. The molecule has 2 amide bonds. The number of carbonyl (C=O) groups excluding carboxylic acids is 2. The van der Waals surface area contributed by atoms with E-state index in [4.69, 9.17) is 4.42 Å². The van der Waals surface area contributed by atoms with E-state index in [2.05, 4.69) is 36.6 Å². The number of hydrogen-bond donors (Lipinski definition) is 2. The first-order valence-corrected chi connectivity index (χ1v) is 9.84. The molecule has 1 aliphatic heterocycles. The second-order valence-electron chi connectivity index (χ2n) is 7.56. The number of rotatable bonds is 7. The number of hydrogen-bond acceptors (Lipinski definition) is 4. The number of amides is 2. The van der Waals surface area contributed by atoms with Crippen LogP contribution < -0.4 is 10.6 Å². The van der Waals surface area contributed by atoms with E-state index in [0.29, 0.717) is 6.54 Å². The highest BCUT2D eigenvalue weighted by Crippen LogP contribution is 2.19. The first kappa shape index (κ1) is 20.1. The average molecular weight is 383 g/mol. The summed E-state index contributed by atoms with van der Waals surface area (Å²) in [4.78, 5) is 27.0. The van der Waals surface area contributed by atoms with E-state index in [1.807, 2.05) is 24.0 Å². The van der Waals surface area contributed by atoms with Gasteiger partial charge in [0.2, 0.25) is 11.8 Å². The molecule has 0 radical (unpaired) electrons. The van der Waals surface area contributed by atoms with Crippen molar-refractivity contribution in [3.05, 3.63) is 59.0 Å². The van der Waals surface area contributed by atoms with Crippen molar-refractivity contribution in [2.45, 2.75) is 52.2 Å². The van der Waals surface area contributed by atoms with Gasteiger partial charge in [-0.3, -0.25) is 14.5 Å². The quantitative estimate of drug-likeness (QED) is 0.771. The number of benzene rings is 1. The van der Waals surface area contributed by atoms with Crippen LogP contribution in [0, 0.1) is 13.8 Å². The third kappa shape index (κ3) is 5.01. The summed E-state index contributed by atoms with van der Waals surface area (Å²) in [7, 11) is 0. The largest absolute Gasteiger partial charge is 0.467 e. The van der Waals surface area contributed by atoms with E-state index in [9.17, 15) is 9.59 Å². The molecule has 0 bridgehead atoms. The van der Waals surface area contributed by atoms with E-state index < -0.39 is 0 Å². The molecule has 1 saturated heterocycles. The highest BCUT2D eigenvalue weighted by atomic mass is 16.3. The molecule has 1 aromatic carbocycles. The molecule has 1 aliphatic rings. The van der Waals surface area contributed by atoms with Crippen molar-refractivity contribution < 1.29 is 14.0 Å². The van der Waals surface area contributed by atoms with Crippen LogP contribution in [0.1, 0.15) is 48.3 Å². The lowest BCUT2D eigenvalue weighted by Crippen LogP contribution is -2.47. The number of nitrogens with one attached hydrogen (secondary N) is 2. The summed E-state index contributed by atoms with van der Waals surface area (Å²) < 4.78 is 5.25. The average Bonchev–Trinajstić information content (AvgIpc) is 3.33. The lowest BCUT2D eigenvalue weighted by molar-refractivity contribution is -0.128. The summed E-state index contributed by atoms with van der Waals surface area (Å²) in [6.45, 7) is 7.49. The van der Waals surface area contributed by atoms with Crippen molar-refractivity contribution in [3.63, 3.8) is 0 Å². The summed E-state index contributed by atoms with van der Waals surface area (Å²) in [6, 6.07) is 9.53. The van der Waals surface area contributed by atoms with Crippen LogP contribution in [0.25, 0.3) is 0 Å². The summed E-state index contributed by atoms with van der Waals surface area (Å²) in [5.74, 6) is 0.609. The Hall–Kier alpha value is -2.60. The fraction of sp³-hybridized carbons (Fsp3) is 0.455. The summed E-state index contributed by atoms with van der Waals surface area (Å²) in [5.41, 5.74) is 3.54. The number of furan rings is 1. The minimum atomic E-state index is -0.266. The first-order valence-electron chi connectivity index (χ1n) is 9.84. The predicted octanol–water partition coefficient (Wildman–Crippen LogP) is 2.85. The summed E-state index contributed by atoms with van der Waals surface area (Å²) >= 11 is 0. The molecule has 2 atom stereocenters. The number of aryl methyl sites for hydroxylation is 2. The molecule has 6 heteroatoms. The van der Waals surface area contributed by atoms with Gasteiger partial charge in [-0.05, 0) is 69.0 Å². The van der Waals surface area contributed by atoms with Crippen LogP contribution in [0.15, 0.2) is 41.0 Å². The first-order chi connectivity index (χ1) is 13.4. The fourth-order valence-electron chi connectivity index (χ4n) is 3.61. The zero-order valence-electron chi connectivity index (χ0n) is 16.8. The Kier molecular flexibility index (Phi) is 6.52. The maximum Gasteiger partial charge on any atom is 0.237 e. The van der Waals surface area contributed by atoms with Crippen molar-refractivity contribution in [3.8, 4) is 0 Å². The van der Waals surface area contributed by atoms with Crippen LogP contribution >= 0.6 is 0 Å². The van der Waals surface area contributed by atoms with E-state index >= 15 is 0 Å². The van der Waals surface area contributed by atoms with Crippen molar-refractivity contribution in [1.82, 2.24) is 15.5 Å². The fourth-order valence-corrected chi connectivity index (χ4v) is 3.61. The van der Waals surface area contributed by atoms with E-state index in [1.54, 1.807) is 12.3 Å². The van der Waals surface area contributed by atoms with Crippen LogP contribution in [-0.4, -0.2) is 35.8 Å². The van der Waals surface area contributed by atoms with Crippen LogP contribution in [0.5, 0.6) is 0 Å². The molecule has 3 rings (SSSR count). The molecule has 150 valence electrons. The normalized spacial score (nSPS) is 18.0. The Bertz CT molecular complexity index is 816. The van der Waals surface area contributed by atoms with Gasteiger partial charge in [-0.15, -0.1) is 0 Å². The zero-order chi connectivity index (χ0) is 20.1. The highest BCUT2D eigenvalue weighted by Gasteiger charge is 2.32.